The van der Waals surface area contributed by atoms with Crippen molar-refractivity contribution in [3.05, 3.63) is 28.8 Å². The first-order valence-electron chi connectivity index (χ1n) is 6.65. The lowest BCUT2D eigenvalue weighted by Gasteiger charge is -2.21. The van der Waals surface area contributed by atoms with Crippen LogP contribution in [-0.2, 0) is 0 Å². The molecule has 1 aliphatic rings. The Morgan fingerprint density at radius 2 is 2.16 bits per heavy atom. The van der Waals surface area contributed by atoms with Crippen LogP contribution in [-0.4, -0.2) is 36.5 Å². The molecule has 0 radical (unpaired) electrons. The van der Waals surface area contributed by atoms with Gasteiger partial charge in [0.25, 0.3) is 5.91 Å². The lowest BCUT2D eigenvalue weighted by Crippen LogP contribution is -2.41. The van der Waals surface area contributed by atoms with Crippen LogP contribution in [0.1, 0.15) is 30.1 Å². The van der Waals surface area contributed by atoms with Gasteiger partial charge in [0.15, 0.2) is 0 Å². The fourth-order valence-electron chi connectivity index (χ4n) is 2.47. The summed E-state index contributed by atoms with van der Waals surface area (Å²) in [4.78, 5) is 14.5. The molecule has 0 saturated carbocycles. The number of halogens is 1. The minimum absolute atomic E-state index is 0.0845. The number of likely N-dealkylation sites (tertiary alicyclic amines) is 1. The molecule has 0 aromatic heterocycles. The van der Waals surface area contributed by atoms with E-state index in [2.05, 4.69) is 10.2 Å². The average Bonchev–Trinajstić information content (AvgIpc) is 2.81. The summed E-state index contributed by atoms with van der Waals surface area (Å²) in [5, 5.41) is 3.35. The second-order valence-electron chi connectivity index (χ2n) is 5.09. The van der Waals surface area contributed by atoms with Crippen molar-refractivity contribution in [3.63, 3.8) is 0 Å². The summed E-state index contributed by atoms with van der Waals surface area (Å²) in [5.74, 6) is -0.199. The number of hydrogen-bond acceptors (Lipinski definition) is 3. The maximum atomic E-state index is 12.2. The summed E-state index contributed by atoms with van der Waals surface area (Å²) in [6.45, 7) is 5.11. The Kier molecular flexibility index (Phi) is 4.66. The fourth-order valence-corrected chi connectivity index (χ4v) is 2.74. The van der Waals surface area contributed by atoms with Gasteiger partial charge in [-0.05, 0) is 45.0 Å². The lowest BCUT2D eigenvalue weighted by atomic mass is 10.1. The third-order valence-corrected chi connectivity index (χ3v) is 3.70. The predicted molar refractivity (Wildman–Crippen MR) is 78.5 cm³/mol. The molecule has 19 heavy (non-hydrogen) atoms. The van der Waals surface area contributed by atoms with Gasteiger partial charge >= 0.3 is 0 Å². The Labute approximate surface area is 118 Å². The number of anilines is 1. The van der Waals surface area contributed by atoms with E-state index in [4.69, 9.17) is 17.3 Å². The van der Waals surface area contributed by atoms with Crippen LogP contribution in [0.15, 0.2) is 18.2 Å². The van der Waals surface area contributed by atoms with Gasteiger partial charge in [-0.25, -0.2) is 0 Å². The summed E-state index contributed by atoms with van der Waals surface area (Å²) < 4.78 is 0. The van der Waals surface area contributed by atoms with E-state index in [-0.39, 0.29) is 11.9 Å². The third-order valence-electron chi connectivity index (χ3n) is 3.38. The molecule has 1 aromatic rings. The highest BCUT2D eigenvalue weighted by atomic mass is 35.5. The second-order valence-corrected chi connectivity index (χ2v) is 5.49. The van der Waals surface area contributed by atoms with E-state index >= 15 is 0 Å². The molecule has 1 atom stereocenters. The molecular weight excluding hydrogens is 262 g/mol. The van der Waals surface area contributed by atoms with Crippen LogP contribution in [0.2, 0.25) is 5.02 Å². The van der Waals surface area contributed by atoms with E-state index in [9.17, 15) is 4.79 Å². The molecule has 1 aliphatic heterocycles. The van der Waals surface area contributed by atoms with Gasteiger partial charge in [-0.3, -0.25) is 4.79 Å². The average molecular weight is 282 g/mol. The third kappa shape index (κ3) is 3.61. The van der Waals surface area contributed by atoms with Gasteiger partial charge < -0.3 is 16.0 Å². The molecule has 1 unspecified atom stereocenters. The smallest absolute Gasteiger partial charge is 0.255 e. The van der Waals surface area contributed by atoms with Crippen molar-refractivity contribution in [2.24, 2.45) is 0 Å². The first-order valence-corrected chi connectivity index (χ1v) is 7.03. The zero-order valence-corrected chi connectivity index (χ0v) is 11.9. The molecule has 1 fully saturated rings. The molecule has 3 N–H and O–H groups in total. The van der Waals surface area contributed by atoms with Gasteiger partial charge in [-0.15, -0.1) is 0 Å². The van der Waals surface area contributed by atoms with Crippen LogP contribution < -0.4 is 11.1 Å². The number of nitrogens with two attached hydrogens (primary N) is 1. The van der Waals surface area contributed by atoms with E-state index in [1.165, 1.54) is 12.8 Å². The molecule has 1 saturated heterocycles. The molecule has 0 bridgehead atoms. The second kappa shape index (κ2) is 6.26. The maximum Gasteiger partial charge on any atom is 0.255 e. The fraction of sp³-hybridized carbons (Fsp3) is 0.500. The number of nitrogens with zero attached hydrogens (tertiary/aromatic N) is 1. The molecule has 5 heteroatoms. The highest BCUT2D eigenvalue weighted by molar-refractivity contribution is 6.34. The number of rotatable bonds is 4. The molecule has 2 rings (SSSR count). The standard InChI is InChI=1S/C14H20ClN3O/c1-10(9-18-7-2-3-8-18)17-14(19)13-11(15)5-4-6-12(13)16/h4-6,10H,2-3,7-9,16H2,1H3,(H,17,19). The van der Waals surface area contributed by atoms with Crippen LogP contribution in [0.3, 0.4) is 0 Å². The summed E-state index contributed by atoms with van der Waals surface area (Å²) in [6.07, 6.45) is 2.50. The van der Waals surface area contributed by atoms with E-state index in [0.29, 0.717) is 16.3 Å². The number of benzene rings is 1. The molecule has 0 aliphatic carbocycles. The highest BCUT2D eigenvalue weighted by Crippen LogP contribution is 2.21. The molecule has 104 valence electrons. The van der Waals surface area contributed by atoms with Gasteiger partial charge in [0, 0.05) is 18.3 Å². The highest BCUT2D eigenvalue weighted by Gasteiger charge is 2.19. The van der Waals surface area contributed by atoms with Gasteiger partial charge in [-0.2, -0.15) is 0 Å². The maximum absolute atomic E-state index is 12.2. The monoisotopic (exact) mass is 281 g/mol. The van der Waals surface area contributed by atoms with Crippen LogP contribution in [0.5, 0.6) is 0 Å². The molecule has 1 heterocycles. The first-order chi connectivity index (χ1) is 9.08. The van der Waals surface area contributed by atoms with Crippen molar-refractivity contribution in [2.45, 2.75) is 25.8 Å². The number of hydrogen-bond donors (Lipinski definition) is 2. The summed E-state index contributed by atoms with van der Waals surface area (Å²) in [7, 11) is 0. The lowest BCUT2D eigenvalue weighted by molar-refractivity contribution is 0.0933. The van der Waals surface area contributed by atoms with Crippen LogP contribution in [0.4, 0.5) is 5.69 Å². The minimum atomic E-state index is -0.199. The number of nitrogen functional groups attached to an aromatic ring is 1. The Morgan fingerprint density at radius 3 is 2.79 bits per heavy atom. The molecule has 4 nitrogen and oxygen atoms in total. The quantitative estimate of drug-likeness (QED) is 0.832. The Morgan fingerprint density at radius 1 is 1.47 bits per heavy atom. The van der Waals surface area contributed by atoms with Gasteiger partial charge in [0.2, 0.25) is 0 Å². The Bertz CT molecular complexity index is 438. The number of amides is 1. The molecular formula is C14H20ClN3O. The molecule has 1 aromatic carbocycles. The van der Waals surface area contributed by atoms with Gasteiger partial charge in [-0.1, -0.05) is 17.7 Å². The number of nitrogens with one attached hydrogen (secondary N) is 1. The van der Waals surface area contributed by atoms with Crippen LogP contribution >= 0.6 is 11.6 Å². The van der Waals surface area contributed by atoms with Crippen LogP contribution in [0.25, 0.3) is 0 Å². The summed E-state index contributed by atoms with van der Waals surface area (Å²) in [5.41, 5.74) is 6.59. The zero-order chi connectivity index (χ0) is 13.8. The van der Waals surface area contributed by atoms with Crippen molar-refractivity contribution in [3.8, 4) is 0 Å². The van der Waals surface area contributed by atoms with Crippen molar-refractivity contribution in [2.75, 3.05) is 25.4 Å². The summed E-state index contributed by atoms with van der Waals surface area (Å²) in [6, 6.07) is 5.19. The zero-order valence-electron chi connectivity index (χ0n) is 11.2. The van der Waals surface area contributed by atoms with Gasteiger partial charge in [0.1, 0.15) is 0 Å². The van der Waals surface area contributed by atoms with E-state index in [1.54, 1.807) is 18.2 Å². The van der Waals surface area contributed by atoms with Crippen molar-refractivity contribution >= 4 is 23.2 Å². The SMILES string of the molecule is CC(CN1CCCC1)NC(=O)c1c(N)cccc1Cl. The Hall–Kier alpha value is -1.26. The largest absolute Gasteiger partial charge is 0.398 e. The Balaban J connectivity index is 1.96. The number of carbonyl (C=O) groups excluding carboxylic acids is 1. The van der Waals surface area contributed by atoms with E-state index in [1.807, 2.05) is 6.92 Å². The number of carbonyl (C=O) groups is 1. The van der Waals surface area contributed by atoms with Crippen molar-refractivity contribution < 1.29 is 4.79 Å². The first kappa shape index (κ1) is 14.2. The molecule has 1 amide bonds. The van der Waals surface area contributed by atoms with Crippen molar-refractivity contribution in [1.82, 2.24) is 10.2 Å². The molecule has 0 spiro atoms. The predicted octanol–water partition coefficient (Wildman–Crippen LogP) is 2.14. The van der Waals surface area contributed by atoms with E-state index < -0.39 is 0 Å². The summed E-state index contributed by atoms with van der Waals surface area (Å²) >= 11 is 6.03. The minimum Gasteiger partial charge on any atom is -0.398 e. The van der Waals surface area contributed by atoms with Crippen LogP contribution in [0, 0.1) is 0 Å². The van der Waals surface area contributed by atoms with Crippen molar-refractivity contribution in [1.29, 1.82) is 0 Å². The van der Waals surface area contributed by atoms with E-state index in [0.717, 1.165) is 19.6 Å². The van der Waals surface area contributed by atoms with Gasteiger partial charge in [0.05, 0.1) is 10.6 Å². The normalized spacial score (nSPS) is 17.4. The topological polar surface area (TPSA) is 58.4 Å².